The standard InChI is InChI=1S/C13H7Br4NO4/c14-8-6(12(19)18-4-5-2-1-3-22-5)7(13(20)21)9(15)11(17)10(8)16/h1-3H,4H2,(H,18,19)(H,20,21). The fourth-order valence-electron chi connectivity index (χ4n) is 1.71. The summed E-state index contributed by atoms with van der Waals surface area (Å²) in [5, 5.41) is 12.0. The fourth-order valence-corrected chi connectivity index (χ4v) is 4.18. The molecule has 0 unspecified atom stereocenters. The van der Waals surface area contributed by atoms with Gasteiger partial charge in [0.15, 0.2) is 0 Å². The number of halogens is 4. The molecule has 116 valence electrons. The Morgan fingerprint density at radius 3 is 2.14 bits per heavy atom. The van der Waals surface area contributed by atoms with E-state index in [2.05, 4.69) is 69.0 Å². The van der Waals surface area contributed by atoms with Gasteiger partial charge in [0.1, 0.15) is 5.76 Å². The maximum absolute atomic E-state index is 12.4. The SMILES string of the molecule is O=C(O)c1c(Br)c(Br)c(Br)c(Br)c1C(=O)NCc1ccco1. The molecular formula is C13H7Br4NO4. The summed E-state index contributed by atoms with van der Waals surface area (Å²) >= 11 is 13.0. The number of carboxylic acid groups (broad SMARTS) is 1. The predicted molar refractivity (Wildman–Crippen MR) is 94.1 cm³/mol. The number of amides is 1. The highest BCUT2D eigenvalue weighted by Crippen LogP contribution is 2.42. The van der Waals surface area contributed by atoms with Crippen LogP contribution in [0.2, 0.25) is 0 Å². The van der Waals surface area contributed by atoms with Gasteiger partial charge in [0.2, 0.25) is 0 Å². The molecule has 0 aliphatic heterocycles. The molecule has 2 N–H and O–H groups in total. The molecule has 22 heavy (non-hydrogen) atoms. The van der Waals surface area contributed by atoms with Crippen molar-refractivity contribution in [1.29, 1.82) is 0 Å². The van der Waals surface area contributed by atoms with Gasteiger partial charge >= 0.3 is 5.97 Å². The van der Waals surface area contributed by atoms with E-state index in [1.807, 2.05) is 0 Å². The molecule has 0 saturated carbocycles. The van der Waals surface area contributed by atoms with E-state index in [0.717, 1.165) is 0 Å². The summed E-state index contributed by atoms with van der Waals surface area (Å²) in [7, 11) is 0. The van der Waals surface area contributed by atoms with Crippen LogP contribution in [0.5, 0.6) is 0 Å². The van der Waals surface area contributed by atoms with Crippen molar-refractivity contribution in [3.05, 3.63) is 53.2 Å². The van der Waals surface area contributed by atoms with Crippen molar-refractivity contribution in [3.8, 4) is 0 Å². The van der Waals surface area contributed by atoms with Crippen molar-refractivity contribution >= 4 is 75.6 Å². The Labute approximate surface area is 159 Å². The molecule has 1 amide bonds. The van der Waals surface area contributed by atoms with Gasteiger partial charge in [-0.1, -0.05) is 0 Å². The van der Waals surface area contributed by atoms with Gasteiger partial charge in [0.25, 0.3) is 5.91 Å². The first-order valence-electron chi connectivity index (χ1n) is 5.74. The van der Waals surface area contributed by atoms with Crippen LogP contribution in [-0.4, -0.2) is 17.0 Å². The zero-order chi connectivity index (χ0) is 16.4. The van der Waals surface area contributed by atoms with Gasteiger partial charge in [0, 0.05) is 17.9 Å². The van der Waals surface area contributed by atoms with E-state index in [1.54, 1.807) is 12.1 Å². The highest BCUT2D eigenvalue weighted by molar-refractivity contribution is 9.15. The Hall–Kier alpha value is -0.640. The van der Waals surface area contributed by atoms with E-state index < -0.39 is 11.9 Å². The maximum Gasteiger partial charge on any atom is 0.337 e. The normalized spacial score (nSPS) is 10.5. The lowest BCUT2D eigenvalue weighted by Gasteiger charge is -2.14. The summed E-state index contributed by atoms with van der Waals surface area (Å²) in [5.74, 6) is -1.19. The summed E-state index contributed by atoms with van der Waals surface area (Å²) in [6, 6.07) is 3.41. The second kappa shape index (κ2) is 7.29. The van der Waals surface area contributed by atoms with Crippen LogP contribution in [0.25, 0.3) is 0 Å². The number of benzene rings is 1. The van der Waals surface area contributed by atoms with Crippen molar-refractivity contribution in [2.24, 2.45) is 0 Å². The molecule has 0 radical (unpaired) electrons. The molecule has 1 aromatic carbocycles. The number of nitrogens with one attached hydrogen (secondary N) is 1. The summed E-state index contributed by atoms with van der Waals surface area (Å²) in [6.07, 6.45) is 1.49. The van der Waals surface area contributed by atoms with E-state index in [4.69, 9.17) is 4.42 Å². The number of carboxylic acids is 1. The third kappa shape index (κ3) is 3.47. The zero-order valence-corrected chi connectivity index (χ0v) is 17.0. The number of hydrogen-bond acceptors (Lipinski definition) is 3. The minimum atomic E-state index is -1.22. The molecule has 0 saturated heterocycles. The average molecular weight is 561 g/mol. The second-order valence-corrected chi connectivity index (χ2v) is 7.25. The van der Waals surface area contributed by atoms with Crippen molar-refractivity contribution in [2.45, 2.75) is 6.54 Å². The van der Waals surface area contributed by atoms with Crippen molar-refractivity contribution < 1.29 is 19.1 Å². The molecular weight excluding hydrogens is 554 g/mol. The third-order valence-electron chi connectivity index (χ3n) is 2.71. The number of aromatic carboxylic acids is 1. The van der Waals surface area contributed by atoms with Crippen LogP contribution in [0.4, 0.5) is 0 Å². The number of furan rings is 1. The van der Waals surface area contributed by atoms with Crippen molar-refractivity contribution in [1.82, 2.24) is 5.32 Å². The van der Waals surface area contributed by atoms with E-state index in [-0.39, 0.29) is 22.1 Å². The third-order valence-corrected chi connectivity index (χ3v) is 7.48. The van der Waals surface area contributed by atoms with Gasteiger partial charge in [-0.3, -0.25) is 4.79 Å². The molecule has 5 nitrogen and oxygen atoms in total. The lowest BCUT2D eigenvalue weighted by Crippen LogP contribution is -2.26. The largest absolute Gasteiger partial charge is 0.478 e. The lowest BCUT2D eigenvalue weighted by molar-refractivity contribution is 0.0689. The van der Waals surface area contributed by atoms with Crippen LogP contribution in [-0.2, 0) is 6.54 Å². The molecule has 0 bridgehead atoms. The Bertz CT molecular complexity index is 743. The van der Waals surface area contributed by atoms with Gasteiger partial charge in [-0.05, 0) is 75.9 Å². The van der Waals surface area contributed by atoms with E-state index >= 15 is 0 Å². The Morgan fingerprint density at radius 2 is 1.64 bits per heavy atom. The average Bonchev–Trinajstić information content (AvgIpc) is 2.99. The molecule has 9 heteroatoms. The second-order valence-electron chi connectivity index (χ2n) is 4.07. The van der Waals surface area contributed by atoms with E-state index in [9.17, 15) is 14.7 Å². The predicted octanol–water partition coefficient (Wildman–Crippen LogP) is 4.96. The van der Waals surface area contributed by atoms with Gasteiger partial charge in [-0.15, -0.1) is 0 Å². The summed E-state index contributed by atoms with van der Waals surface area (Å²) < 4.78 is 6.78. The first kappa shape index (κ1) is 17.7. The molecule has 1 heterocycles. The van der Waals surface area contributed by atoms with Crippen LogP contribution in [0.3, 0.4) is 0 Å². The fraction of sp³-hybridized carbons (Fsp3) is 0.0769. The van der Waals surface area contributed by atoms with Crippen molar-refractivity contribution in [3.63, 3.8) is 0 Å². The van der Waals surface area contributed by atoms with Crippen LogP contribution in [0.15, 0.2) is 40.7 Å². The molecule has 1 aromatic heterocycles. The smallest absolute Gasteiger partial charge is 0.337 e. The maximum atomic E-state index is 12.4. The highest BCUT2D eigenvalue weighted by Gasteiger charge is 2.27. The summed E-state index contributed by atoms with van der Waals surface area (Å²) in [5.41, 5.74) is -0.125. The Balaban J connectivity index is 2.44. The topological polar surface area (TPSA) is 79.5 Å². The number of rotatable bonds is 4. The van der Waals surface area contributed by atoms with Gasteiger partial charge in [0.05, 0.1) is 23.9 Å². The molecule has 2 rings (SSSR count). The zero-order valence-electron chi connectivity index (χ0n) is 10.6. The Kier molecular flexibility index (Phi) is 5.87. The molecule has 0 spiro atoms. The van der Waals surface area contributed by atoms with Gasteiger partial charge < -0.3 is 14.8 Å². The van der Waals surface area contributed by atoms with E-state index in [0.29, 0.717) is 19.2 Å². The summed E-state index contributed by atoms with van der Waals surface area (Å²) in [6.45, 7) is 0.155. The summed E-state index contributed by atoms with van der Waals surface area (Å²) in [4.78, 5) is 23.9. The lowest BCUT2D eigenvalue weighted by atomic mass is 10.1. The number of carbonyl (C=O) groups excluding carboxylic acids is 1. The molecule has 0 aliphatic rings. The minimum Gasteiger partial charge on any atom is -0.478 e. The van der Waals surface area contributed by atoms with Crippen LogP contribution < -0.4 is 5.32 Å². The monoisotopic (exact) mass is 557 g/mol. The number of hydrogen-bond donors (Lipinski definition) is 2. The molecule has 2 aromatic rings. The molecule has 0 atom stereocenters. The van der Waals surface area contributed by atoms with Crippen LogP contribution in [0, 0.1) is 0 Å². The molecule has 0 aliphatic carbocycles. The van der Waals surface area contributed by atoms with Crippen molar-refractivity contribution in [2.75, 3.05) is 0 Å². The quantitative estimate of drug-likeness (QED) is 0.409. The Morgan fingerprint density at radius 1 is 1.05 bits per heavy atom. The van der Waals surface area contributed by atoms with Crippen LogP contribution in [0.1, 0.15) is 26.5 Å². The first-order valence-corrected chi connectivity index (χ1v) is 8.91. The molecule has 0 fully saturated rings. The van der Waals surface area contributed by atoms with Gasteiger partial charge in [-0.25, -0.2) is 4.79 Å². The minimum absolute atomic E-state index is 0.0148. The van der Waals surface area contributed by atoms with E-state index in [1.165, 1.54) is 6.26 Å². The van der Waals surface area contributed by atoms with Crippen LogP contribution >= 0.6 is 63.7 Å². The number of carbonyl (C=O) groups is 2. The van der Waals surface area contributed by atoms with Gasteiger partial charge in [-0.2, -0.15) is 0 Å². The highest BCUT2D eigenvalue weighted by atomic mass is 79.9. The first-order chi connectivity index (χ1) is 10.3.